The highest BCUT2D eigenvalue weighted by atomic mass is 32.1. The highest BCUT2D eigenvalue weighted by molar-refractivity contribution is 7.12. The Bertz CT molecular complexity index is 385. The molecule has 2 unspecified atom stereocenters. The van der Waals surface area contributed by atoms with Crippen LogP contribution in [-0.4, -0.2) is 12.2 Å². The lowest BCUT2D eigenvalue weighted by atomic mass is 9.92. The van der Waals surface area contributed by atoms with Gasteiger partial charge in [-0.3, -0.25) is 0 Å². The van der Waals surface area contributed by atoms with E-state index in [2.05, 4.69) is 39.8 Å². The maximum atomic E-state index is 6.38. The van der Waals surface area contributed by atoms with E-state index in [1.54, 1.807) is 0 Å². The van der Waals surface area contributed by atoms with Gasteiger partial charge in [0.05, 0.1) is 11.6 Å². The summed E-state index contributed by atoms with van der Waals surface area (Å²) in [5.41, 5.74) is 6.42. The van der Waals surface area contributed by atoms with E-state index in [1.165, 1.54) is 9.75 Å². The van der Waals surface area contributed by atoms with Crippen molar-refractivity contribution in [3.63, 3.8) is 0 Å². The van der Waals surface area contributed by atoms with Crippen molar-refractivity contribution in [3.05, 3.63) is 21.9 Å². The Kier molecular flexibility index (Phi) is 3.36. The SMILES string of the molecule is CC(C)(C)c1ccc(C(N)C2(C)CCCO2)s1. The van der Waals surface area contributed by atoms with Crippen molar-refractivity contribution in [2.45, 2.75) is 57.6 Å². The third kappa shape index (κ3) is 2.56. The summed E-state index contributed by atoms with van der Waals surface area (Å²) in [4.78, 5) is 2.64. The standard InChI is InChI=1S/C14H23NOS/c1-13(2,3)11-7-6-10(17-11)12(15)14(4)8-5-9-16-14/h6-7,12H,5,8-9,15H2,1-4H3. The summed E-state index contributed by atoms with van der Waals surface area (Å²) in [6.07, 6.45) is 2.19. The summed E-state index contributed by atoms with van der Waals surface area (Å²) in [7, 11) is 0. The fraction of sp³-hybridized carbons (Fsp3) is 0.714. The zero-order valence-electron chi connectivity index (χ0n) is 11.2. The molecule has 0 aliphatic carbocycles. The molecule has 2 N–H and O–H groups in total. The van der Waals surface area contributed by atoms with Crippen LogP contribution in [0.4, 0.5) is 0 Å². The minimum absolute atomic E-state index is 0.00565. The van der Waals surface area contributed by atoms with Crippen LogP contribution in [0.1, 0.15) is 56.3 Å². The molecule has 1 fully saturated rings. The van der Waals surface area contributed by atoms with Gasteiger partial charge in [0, 0.05) is 16.4 Å². The highest BCUT2D eigenvalue weighted by Gasteiger charge is 2.38. The molecule has 0 spiro atoms. The molecule has 0 saturated carbocycles. The summed E-state index contributed by atoms with van der Waals surface area (Å²) in [5.74, 6) is 0. The van der Waals surface area contributed by atoms with Gasteiger partial charge in [0.1, 0.15) is 0 Å². The predicted octanol–water partition coefficient (Wildman–Crippen LogP) is 3.61. The maximum absolute atomic E-state index is 6.38. The Morgan fingerprint density at radius 3 is 2.59 bits per heavy atom. The van der Waals surface area contributed by atoms with E-state index in [4.69, 9.17) is 10.5 Å². The van der Waals surface area contributed by atoms with Gasteiger partial charge in [-0.05, 0) is 37.3 Å². The Balaban J connectivity index is 2.20. The minimum atomic E-state index is -0.167. The van der Waals surface area contributed by atoms with E-state index in [9.17, 15) is 0 Å². The van der Waals surface area contributed by atoms with Crippen molar-refractivity contribution in [1.29, 1.82) is 0 Å². The van der Waals surface area contributed by atoms with E-state index < -0.39 is 0 Å². The number of hydrogen-bond donors (Lipinski definition) is 1. The average Bonchev–Trinajstić information content (AvgIpc) is 2.84. The van der Waals surface area contributed by atoms with Crippen LogP contribution in [0.5, 0.6) is 0 Å². The van der Waals surface area contributed by atoms with Gasteiger partial charge < -0.3 is 10.5 Å². The second-order valence-corrected chi connectivity index (χ2v) is 7.31. The van der Waals surface area contributed by atoms with Gasteiger partial charge in [0.25, 0.3) is 0 Å². The van der Waals surface area contributed by atoms with Gasteiger partial charge in [-0.2, -0.15) is 0 Å². The predicted molar refractivity (Wildman–Crippen MR) is 73.5 cm³/mol. The first kappa shape index (κ1) is 13.1. The third-order valence-electron chi connectivity index (χ3n) is 3.58. The van der Waals surface area contributed by atoms with Crippen molar-refractivity contribution >= 4 is 11.3 Å². The summed E-state index contributed by atoms with van der Waals surface area (Å²) in [6.45, 7) is 9.70. The van der Waals surface area contributed by atoms with E-state index in [0.717, 1.165) is 19.4 Å². The highest BCUT2D eigenvalue weighted by Crippen LogP contribution is 2.40. The first-order valence-corrected chi connectivity index (χ1v) is 7.14. The van der Waals surface area contributed by atoms with Gasteiger partial charge in [0.2, 0.25) is 0 Å². The quantitative estimate of drug-likeness (QED) is 0.873. The monoisotopic (exact) mass is 253 g/mol. The number of rotatable bonds is 2. The van der Waals surface area contributed by atoms with Gasteiger partial charge >= 0.3 is 0 Å². The zero-order valence-corrected chi connectivity index (χ0v) is 12.1. The lowest BCUT2D eigenvalue weighted by molar-refractivity contribution is -0.000865. The van der Waals surface area contributed by atoms with Crippen molar-refractivity contribution in [1.82, 2.24) is 0 Å². The van der Waals surface area contributed by atoms with Gasteiger partial charge in [0.15, 0.2) is 0 Å². The molecule has 0 bridgehead atoms. The molecular formula is C14H23NOS. The smallest absolute Gasteiger partial charge is 0.0855 e. The van der Waals surface area contributed by atoms with Crippen LogP contribution in [0.3, 0.4) is 0 Å². The van der Waals surface area contributed by atoms with Crippen LogP contribution in [0.15, 0.2) is 12.1 Å². The van der Waals surface area contributed by atoms with Gasteiger partial charge in [-0.1, -0.05) is 20.8 Å². The maximum Gasteiger partial charge on any atom is 0.0855 e. The lowest BCUT2D eigenvalue weighted by Crippen LogP contribution is -2.37. The van der Waals surface area contributed by atoms with Crippen LogP contribution in [-0.2, 0) is 10.2 Å². The van der Waals surface area contributed by atoms with Crippen LogP contribution in [0.25, 0.3) is 0 Å². The molecule has 0 amide bonds. The van der Waals surface area contributed by atoms with Crippen molar-refractivity contribution in [3.8, 4) is 0 Å². The van der Waals surface area contributed by atoms with Crippen molar-refractivity contribution in [2.75, 3.05) is 6.61 Å². The molecule has 1 aliphatic heterocycles. The van der Waals surface area contributed by atoms with Crippen LogP contribution in [0, 0.1) is 0 Å². The summed E-state index contributed by atoms with van der Waals surface area (Å²) < 4.78 is 5.83. The fourth-order valence-electron chi connectivity index (χ4n) is 2.27. The molecule has 0 aromatic carbocycles. The number of nitrogens with two attached hydrogens (primary N) is 1. The molecular weight excluding hydrogens is 230 g/mol. The van der Waals surface area contributed by atoms with E-state index in [1.807, 2.05) is 11.3 Å². The Hall–Kier alpha value is -0.380. The third-order valence-corrected chi connectivity index (χ3v) is 5.17. The second-order valence-electron chi connectivity index (χ2n) is 6.19. The normalized spacial score (nSPS) is 27.4. The van der Waals surface area contributed by atoms with E-state index in [0.29, 0.717) is 0 Å². The molecule has 96 valence electrons. The molecule has 17 heavy (non-hydrogen) atoms. The Morgan fingerprint density at radius 2 is 2.12 bits per heavy atom. The number of ether oxygens (including phenoxy) is 1. The van der Waals surface area contributed by atoms with Crippen LogP contribution in [0.2, 0.25) is 0 Å². The summed E-state index contributed by atoms with van der Waals surface area (Å²) >= 11 is 1.83. The zero-order chi connectivity index (χ0) is 12.7. The second kappa shape index (κ2) is 4.38. The largest absolute Gasteiger partial charge is 0.373 e. The molecule has 2 atom stereocenters. The average molecular weight is 253 g/mol. The van der Waals surface area contributed by atoms with Crippen molar-refractivity contribution < 1.29 is 4.74 Å². The molecule has 2 heterocycles. The molecule has 1 aromatic heterocycles. The molecule has 1 aliphatic rings. The minimum Gasteiger partial charge on any atom is -0.373 e. The first-order chi connectivity index (χ1) is 7.83. The lowest BCUT2D eigenvalue weighted by Gasteiger charge is -2.29. The molecule has 3 heteroatoms. The Labute approximate surface area is 108 Å². The van der Waals surface area contributed by atoms with Crippen molar-refractivity contribution in [2.24, 2.45) is 5.73 Å². The van der Waals surface area contributed by atoms with Gasteiger partial charge in [-0.25, -0.2) is 0 Å². The molecule has 2 nitrogen and oxygen atoms in total. The number of thiophene rings is 1. The molecule has 2 rings (SSSR count). The van der Waals surface area contributed by atoms with Gasteiger partial charge in [-0.15, -0.1) is 11.3 Å². The molecule has 1 aromatic rings. The first-order valence-electron chi connectivity index (χ1n) is 6.33. The topological polar surface area (TPSA) is 35.2 Å². The van der Waals surface area contributed by atoms with E-state index in [-0.39, 0.29) is 17.1 Å². The Morgan fingerprint density at radius 1 is 1.41 bits per heavy atom. The van der Waals surface area contributed by atoms with Crippen LogP contribution < -0.4 is 5.73 Å². The summed E-state index contributed by atoms with van der Waals surface area (Å²) in [5, 5.41) is 0. The van der Waals surface area contributed by atoms with Crippen LogP contribution >= 0.6 is 11.3 Å². The van der Waals surface area contributed by atoms with E-state index >= 15 is 0 Å². The molecule has 0 radical (unpaired) electrons. The fourth-order valence-corrected chi connectivity index (χ4v) is 3.48. The molecule has 1 saturated heterocycles. The summed E-state index contributed by atoms with van der Waals surface area (Å²) in [6, 6.07) is 4.38. The number of hydrogen-bond acceptors (Lipinski definition) is 3.